The van der Waals surface area contributed by atoms with Gasteiger partial charge in [0.2, 0.25) is 5.91 Å². The molecular formula is C42H58N6O7. The molecule has 298 valence electrons. The number of nitrogens with zero attached hydrogens (tertiary/aromatic N) is 2. The smallest absolute Gasteiger partial charge is 0.407 e. The molecule has 2 aromatic carbocycles. The molecule has 0 radical (unpaired) electrons. The van der Waals surface area contributed by atoms with Crippen LogP contribution in [0.3, 0.4) is 0 Å². The largest absolute Gasteiger partial charge is 0.453 e. The van der Waals surface area contributed by atoms with Gasteiger partial charge >= 0.3 is 12.2 Å². The molecule has 0 aliphatic heterocycles. The van der Waals surface area contributed by atoms with Crippen molar-refractivity contribution >= 4 is 29.8 Å². The second-order valence-corrected chi connectivity index (χ2v) is 15.8. The number of hydrogen-bond acceptors (Lipinski definition) is 9. The van der Waals surface area contributed by atoms with Crippen molar-refractivity contribution in [1.29, 1.82) is 0 Å². The van der Waals surface area contributed by atoms with Crippen LogP contribution in [0.1, 0.15) is 72.9 Å². The number of methoxy groups -OCH3 is 1. The number of rotatable bonds is 17. The SMILES string of the molecule is CCNC(=O)O[C@@H](CN(Cc1ccc(-c2ccccn2)cc1)NC(=O)[C@H](NC(=O)OC)C(C)(C)C)C(Cc1ccccc1)NC(=O)[C@H](CC(C)=O)C(C)(C)C. The van der Waals surface area contributed by atoms with Crippen molar-refractivity contribution in [3.63, 3.8) is 0 Å². The maximum absolute atomic E-state index is 14.1. The molecular weight excluding hydrogens is 700 g/mol. The summed E-state index contributed by atoms with van der Waals surface area (Å²) in [7, 11) is 1.22. The minimum absolute atomic E-state index is 0.0350. The molecule has 0 bridgehead atoms. The summed E-state index contributed by atoms with van der Waals surface area (Å²) in [5.41, 5.74) is 5.06. The summed E-state index contributed by atoms with van der Waals surface area (Å²) in [6, 6.07) is 21.0. The second kappa shape index (κ2) is 20.4. The maximum atomic E-state index is 14.1. The first kappa shape index (κ1) is 44.1. The predicted octanol–water partition coefficient (Wildman–Crippen LogP) is 5.84. The number of pyridine rings is 1. The first-order valence-electron chi connectivity index (χ1n) is 18.6. The van der Waals surface area contributed by atoms with Gasteiger partial charge in [0.1, 0.15) is 17.9 Å². The molecule has 3 rings (SSSR count). The van der Waals surface area contributed by atoms with E-state index >= 15 is 0 Å². The van der Waals surface area contributed by atoms with Gasteiger partial charge in [0.25, 0.3) is 5.91 Å². The van der Waals surface area contributed by atoms with Gasteiger partial charge in [-0.15, -0.1) is 0 Å². The Hall–Kier alpha value is -5.30. The summed E-state index contributed by atoms with van der Waals surface area (Å²) in [5, 5.41) is 10.1. The van der Waals surface area contributed by atoms with Crippen LogP contribution in [0.2, 0.25) is 0 Å². The van der Waals surface area contributed by atoms with Crippen molar-refractivity contribution in [1.82, 2.24) is 31.4 Å². The molecule has 1 unspecified atom stereocenters. The molecule has 0 spiro atoms. The van der Waals surface area contributed by atoms with Gasteiger partial charge in [-0.3, -0.25) is 20.0 Å². The third-order valence-electron chi connectivity index (χ3n) is 9.04. The van der Waals surface area contributed by atoms with Crippen molar-refractivity contribution in [2.24, 2.45) is 16.7 Å². The van der Waals surface area contributed by atoms with Gasteiger partial charge in [-0.25, -0.2) is 14.6 Å². The minimum atomic E-state index is -1.02. The van der Waals surface area contributed by atoms with Crippen molar-refractivity contribution in [3.05, 3.63) is 90.1 Å². The Morgan fingerprint density at radius 3 is 1.98 bits per heavy atom. The van der Waals surface area contributed by atoms with Crippen LogP contribution < -0.4 is 21.4 Å². The van der Waals surface area contributed by atoms with Gasteiger partial charge in [-0.05, 0) is 54.4 Å². The highest BCUT2D eigenvalue weighted by Gasteiger charge is 2.38. The number of ketones is 1. The summed E-state index contributed by atoms with van der Waals surface area (Å²) >= 11 is 0. The quantitative estimate of drug-likeness (QED) is 0.124. The Bertz CT molecular complexity index is 1710. The van der Waals surface area contributed by atoms with E-state index in [1.807, 2.05) is 114 Å². The molecule has 1 heterocycles. The summed E-state index contributed by atoms with van der Waals surface area (Å²) in [4.78, 5) is 70.5. The normalized spacial score (nSPS) is 13.8. The van der Waals surface area contributed by atoms with E-state index in [-0.39, 0.29) is 37.6 Å². The molecule has 0 fully saturated rings. The zero-order valence-electron chi connectivity index (χ0n) is 33.6. The first-order chi connectivity index (χ1) is 25.9. The standard InChI is InChI=1S/C42H58N6O7/c1-10-43-39(52)55-35(34(25-29-16-12-11-13-17-29)45-37(50)32(24-28(2)49)41(3,4)5)27-48(47-38(51)36(42(6,7)8)46-40(53)54-9)26-30-19-21-31(22-20-30)33-18-14-15-23-44-33/h11-23,32,34-36H,10,24-27H2,1-9H3,(H,43,52)(H,45,50)(H,46,53)(H,47,51)/t32-,34?,35-,36-/m0/s1. The molecule has 13 heteroatoms. The average Bonchev–Trinajstić information content (AvgIpc) is 3.12. The third kappa shape index (κ3) is 14.5. The summed E-state index contributed by atoms with van der Waals surface area (Å²) in [6.07, 6.45) is -0.479. The third-order valence-corrected chi connectivity index (χ3v) is 9.04. The fourth-order valence-corrected chi connectivity index (χ4v) is 6.05. The molecule has 4 amide bonds. The van der Waals surface area contributed by atoms with Crippen molar-refractivity contribution in [3.8, 4) is 11.3 Å². The van der Waals surface area contributed by atoms with Crippen LogP contribution in [0.4, 0.5) is 9.59 Å². The lowest BCUT2D eigenvalue weighted by Crippen LogP contribution is -2.60. The van der Waals surface area contributed by atoms with Crippen LogP contribution in [0, 0.1) is 16.7 Å². The molecule has 0 aliphatic carbocycles. The average molecular weight is 759 g/mol. The molecule has 1 aromatic heterocycles. The zero-order chi connectivity index (χ0) is 40.8. The van der Waals surface area contributed by atoms with Crippen LogP contribution >= 0.6 is 0 Å². The molecule has 0 aliphatic rings. The lowest BCUT2D eigenvalue weighted by Gasteiger charge is -2.37. The van der Waals surface area contributed by atoms with Crippen LogP contribution in [0.15, 0.2) is 79.0 Å². The number of carbonyl (C=O) groups excluding carboxylic acids is 5. The van der Waals surface area contributed by atoms with Crippen molar-refractivity contribution < 1.29 is 33.4 Å². The Balaban J connectivity index is 2.11. The molecule has 0 saturated carbocycles. The predicted molar refractivity (Wildman–Crippen MR) is 211 cm³/mol. The molecule has 13 nitrogen and oxygen atoms in total. The fraction of sp³-hybridized carbons (Fsp3) is 0.476. The number of nitrogens with one attached hydrogen (secondary N) is 4. The monoisotopic (exact) mass is 758 g/mol. The van der Waals surface area contributed by atoms with E-state index in [1.165, 1.54) is 14.0 Å². The van der Waals surface area contributed by atoms with Crippen molar-refractivity contribution in [2.75, 3.05) is 20.2 Å². The molecule has 4 N–H and O–H groups in total. The number of Topliss-reactive ketones (excluding diaryl/α,β-unsaturated/α-hetero) is 1. The van der Waals surface area contributed by atoms with E-state index in [2.05, 4.69) is 26.4 Å². The molecule has 55 heavy (non-hydrogen) atoms. The van der Waals surface area contributed by atoms with E-state index in [1.54, 1.807) is 18.1 Å². The van der Waals surface area contributed by atoms with Gasteiger partial charge in [0.05, 0.1) is 25.4 Å². The summed E-state index contributed by atoms with van der Waals surface area (Å²) in [5.74, 6) is -1.68. The van der Waals surface area contributed by atoms with Crippen molar-refractivity contribution in [2.45, 2.75) is 93.0 Å². The van der Waals surface area contributed by atoms with Gasteiger partial charge < -0.3 is 30.2 Å². The summed E-state index contributed by atoms with van der Waals surface area (Å²) < 4.78 is 10.9. The highest BCUT2D eigenvalue weighted by atomic mass is 16.6. The lowest BCUT2D eigenvalue weighted by atomic mass is 9.77. The van der Waals surface area contributed by atoms with E-state index in [0.29, 0.717) is 6.54 Å². The number of carbonyl (C=O) groups is 5. The Kier molecular flexibility index (Phi) is 16.4. The van der Waals surface area contributed by atoms with E-state index in [9.17, 15) is 24.0 Å². The number of hydrogen-bond donors (Lipinski definition) is 4. The first-order valence-corrected chi connectivity index (χ1v) is 18.6. The van der Waals surface area contributed by atoms with E-state index in [4.69, 9.17) is 9.47 Å². The number of alkyl carbamates (subject to hydrolysis) is 2. The zero-order valence-corrected chi connectivity index (χ0v) is 33.6. The summed E-state index contributed by atoms with van der Waals surface area (Å²) in [6.45, 7) is 14.7. The van der Waals surface area contributed by atoms with Crippen LogP contribution in [-0.4, -0.2) is 78.2 Å². The fourth-order valence-electron chi connectivity index (χ4n) is 6.05. The Labute approximate surface area is 325 Å². The van der Waals surface area contributed by atoms with Crippen LogP contribution in [-0.2, 0) is 36.8 Å². The topological polar surface area (TPSA) is 168 Å². The maximum Gasteiger partial charge on any atom is 0.407 e. The van der Waals surface area contributed by atoms with Gasteiger partial charge in [0, 0.05) is 37.2 Å². The van der Waals surface area contributed by atoms with Crippen LogP contribution in [0.25, 0.3) is 11.3 Å². The minimum Gasteiger partial charge on any atom is -0.453 e. The Morgan fingerprint density at radius 1 is 0.782 bits per heavy atom. The molecule has 4 atom stereocenters. The number of aromatic nitrogens is 1. The number of hydrazine groups is 1. The van der Waals surface area contributed by atoms with Gasteiger partial charge in [-0.1, -0.05) is 102 Å². The number of benzene rings is 2. The molecule has 3 aromatic rings. The molecule has 0 saturated heterocycles. The van der Waals surface area contributed by atoms with Gasteiger partial charge in [-0.2, -0.15) is 0 Å². The lowest BCUT2D eigenvalue weighted by molar-refractivity contribution is -0.134. The highest BCUT2D eigenvalue weighted by molar-refractivity contribution is 5.87. The number of ether oxygens (including phenoxy) is 2. The van der Waals surface area contributed by atoms with E-state index < -0.39 is 53.0 Å². The van der Waals surface area contributed by atoms with E-state index in [0.717, 1.165) is 22.4 Å². The van der Waals surface area contributed by atoms with Crippen LogP contribution in [0.5, 0.6) is 0 Å². The van der Waals surface area contributed by atoms with Gasteiger partial charge in [0.15, 0.2) is 0 Å². The number of amides is 4. The Morgan fingerprint density at radius 2 is 1.44 bits per heavy atom. The highest BCUT2D eigenvalue weighted by Crippen LogP contribution is 2.30. The second-order valence-electron chi connectivity index (χ2n) is 15.8.